The van der Waals surface area contributed by atoms with Gasteiger partial charge in [-0.3, -0.25) is 0 Å². The molecule has 0 aromatic carbocycles. The van der Waals surface area contributed by atoms with Gasteiger partial charge in [-0.2, -0.15) is 0 Å². The van der Waals surface area contributed by atoms with Crippen molar-refractivity contribution in [2.75, 3.05) is 12.4 Å². The monoisotopic (exact) mass is 312 g/mol. The van der Waals surface area contributed by atoms with Crippen LogP contribution in [0.4, 0.5) is 5.82 Å². The first-order valence-corrected chi connectivity index (χ1v) is 8.72. The lowest BCUT2D eigenvalue weighted by Crippen LogP contribution is -1.99. The SMILES string of the molecule is CCC(CCCCCCc1cccc(NC)n1)c1cncnc1. The summed E-state index contributed by atoms with van der Waals surface area (Å²) in [6.45, 7) is 2.25. The van der Waals surface area contributed by atoms with Gasteiger partial charge in [0, 0.05) is 25.1 Å². The van der Waals surface area contributed by atoms with Gasteiger partial charge in [-0.05, 0) is 49.3 Å². The average molecular weight is 312 g/mol. The summed E-state index contributed by atoms with van der Waals surface area (Å²) in [7, 11) is 1.91. The number of unbranched alkanes of at least 4 members (excludes halogenated alkanes) is 3. The van der Waals surface area contributed by atoms with E-state index >= 15 is 0 Å². The quantitative estimate of drug-likeness (QED) is 0.651. The van der Waals surface area contributed by atoms with Crippen molar-refractivity contribution in [1.29, 1.82) is 0 Å². The molecule has 2 heterocycles. The number of hydrogen-bond acceptors (Lipinski definition) is 4. The fourth-order valence-electron chi connectivity index (χ4n) is 2.94. The number of nitrogens with zero attached hydrogens (tertiary/aromatic N) is 3. The van der Waals surface area contributed by atoms with Crippen molar-refractivity contribution in [2.45, 2.75) is 57.8 Å². The number of aromatic nitrogens is 3. The van der Waals surface area contributed by atoms with Crippen molar-refractivity contribution in [3.63, 3.8) is 0 Å². The van der Waals surface area contributed by atoms with E-state index in [4.69, 9.17) is 0 Å². The van der Waals surface area contributed by atoms with E-state index in [1.165, 1.54) is 43.4 Å². The predicted molar refractivity (Wildman–Crippen MR) is 95.6 cm³/mol. The zero-order valence-corrected chi connectivity index (χ0v) is 14.3. The van der Waals surface area contributed by atoms with E-state index in [1.54, 1.807) is 6.33 Å². The molecule has 2 aromatic heterocycles. The first kappa shape index (κ1) is 17.4. The molecular formula is C19H28N4. The van der Waals surface area contributed by atoms with Crippen LogP contribution >= 0.6 is 0 Å². The van der Waals surface area contributed by atoms with Gasteiger partial charge in [0.15, 0.2) is 0 Å². The maximum atomic E-state index is 4.57. The molecule has 2 rings (SSSR count). The number of rotatable bonds is 10. The first-order chi connectivity index (χ1) is 11.3. The molecule has 0 bridgehead atoms. The van der Waals surface area contributed by atoms with Crippen molar-refractivity contribution in [3.05, 3.63) is 48.2 Å². The number of nitrogens with one attached hydrogen (secondary N) is 1. The second-order valence-corrected chi connectivity index (χ2v) is 5.99. The summed E-state index contributed by atoms with van der Waals surface area (Å²) in [5.41, 5.74) is 2.47. The van der Waals surface area contributed by atoms with Gasteiger partial charge < -0.3 is 5.32 Å². The van der Waals surface area contributed by atoms with Crippen LogP contribution in [0.5, 0.6) is 0 Å². The van der Waals surface area contributed by atoms with Crippen LogP contribution in [-0.2, 0) is 6.42 Å². The number of hydrogen-bond donors (Lipinski definition) is 1. The van der Waals surface area contributed by atoms with Gasteiger partial charge >= 0.3 is 0 Å². The van der Waals surface area contributed by atoms with Crippen LogP contribution in [0.2, 0.25) is 0 Å². The Hall–Kier alpha value is -1.97. The lowest BCUT2D eigenvalue weighted by atomic mass is 9.92. The van der Waals surface area contributed by atoms with Crippen molar-refractivity contribution in [1.82, 2.24) is 15.0 Å². The third-order valence-corrected chi connectivity index (χ3v) is 4.34. The molecule has 1 N–H and O–H groups in total. The fraction of sp³-hybridized carbons (Fsp3) is 0.526. The van der Waals surface area contributed by atoms with Crippen LogP contribution in [0.3, 0.4) is 0 Å². The molecule has 0 spiro atoms. The molecule has 23 heavy (non-hydrogen) atoms. The maximum absolute atomic E-state index is 4.57. The zero-order valence-electron chi connectivity index (χ0n) is 14.3. The van der Waals surface area contributed by atoms with E-state index < -0.39 is 0 Å². The highest BCUT2D eigenvalue weighted by Crippen LogP contribution is 2.24. The molecule has 0 saturated heterocycles. The van der Waals surface area contributed by atoms with Crippen LogP contribution < -0.4 is 5.32 Å². The summed E-state index contributed by atoms with van der Waals surface area (Å²) >= 11 is 0. The van der Waals surface area contributed by atoms with E-state index in [-0.39, 0.29) is 0 Å². The van der Waals surface area contributed by atoms with Crippen molar-refractivity contribution in [3.8, 4) is 0 Å². The zero-order chi connectivity index (χ0) is 16.3. The second kappa shape index (κ2) is 9.93. The standard InChI is InChI=1S/C19H28N4/c1-3-16(17-13-21-15-22-14-17)9-6-4-5-7-10-18-11-8-12-19(20-2)23-18/h8,11-16H,3-7,9-10H2,1-2H3,(H,20,23). The van der Waals surface area contributed by atoms with Crippen LogP contribution in [0.25, 0.3) is 0 Å². The Labute approximate surface area is 139 Å². The van der Waals surface area contributed by atoms with Gasteiger partial charge in [0.05, 0.1) is 0 Å². The topological polar surface area (TPSA) is 50.7 Å². The van der Waals surface area contributed by atoms with Gasteiger partial charge in [0.25, 0.3) is 0 Å². The molecule has 1 atom stereocenters. The maximum Gasteiger partial charge on any atom is 0.125 e. The second-order valence-electron chi connectivity index (χ2n) is 5.99. The highest BCUT2D eigenvalue weighted by atomic mass is 15.0. The molecule has 4 nitrogen and oxygen atoms in total. The molecular weight excluding hydrogens is 284 g/mol. The Bertz CT molecular complexity index is 556. The van der Waals surface area contributed by atoms with Crippen molar-refractivity contribution < 1.29 is 0 Å². The smallest absolute Gasteiger partial charge is 0.125 e. The highest BCUT2D eigenvalue weighted by Gasteiger charge is 2.09. The van der Waals surface area contributed by atoms with Gasteiger partial charge in [-0.1, -0.05) is 32.3 Å². The van der Waals surface area contributed by atoms with Gasteiger partial charge in [-0.25, -0.2) is 15.0 Å². The van der Waals surface area contributed by atoms with Crippen LogP contribution in [0, 0.1) is 0 Å². The lowest BCUT2D eigenvalue weighted by molar-refractivity contribution is 0.534. The summed E-state index contributed by atoms with van der Waals surface area (Å²) in [6.07, 6.45) is 14.0. The normalized spacial score (nSPS) is 12.1. The van der Waals surface area contributed by atoms with E-state index in [0.717, 1.165) is 18.7 Å². The molecule has 1 unspecified atom stereocenters. The van der Waals surface area contributed by atoms with Crippen LogP contribution in [-0.4, -0.2) is 22.0 Å². The molecule has 0 aliphatic heterocycles. The average Bonchev–Trinajstić information content (AvgIpc) is 2.62. The predicted octanol–water partition coefficient (Wildman–Crippen LogP) is 4.60. The van der Waals surface area contributed by atoms with Gasteiger partial charge in [0.2, 0.25) is 0 Å². The molecule has 0 aliphatic rings. The molecule has 0 amide bonds. The first-order valence-electron chi connectivity index (χ1n) is 8.72. The largest absolute Gasteiger partial charge is 0.373 e. The Morgan fingerprint density at radius 2 is 1.83 bits per heavy atom. The molecule has 0 saturated carbocycles. The minimum atomic E-state index is 0.602. The van der Waals surface area contributed by atoms with Gasteiger partial charge in [-0.15, -0.1) is 0 Å². The summed E-state index contributed by atoms with van der Waals surface area (Å²) in [5, 5.41) is 3.09. The Morgan fingerprint density at radius 1 is 1.04 bits per heavy atom. The summed E-state index contributed by atoms with van der Waals surface area (Å²) in [4.78, 5) is 12.8. The summed E-state index contributed by atoms with van der Waals surface area (Å²) in [5.74, 6) is 1.56. The number of anilines is 1. The fourth-order valence-corrected chi connectivity index (χ4v) is 2.94. The number of pyridine rings is 1. The molecule has 2 aromatic rings. The van der Waals surface area contributed by atoms with E-state index in [2.05, 4.69) is 39.3 Å². The van der Waals surface area contributed by atoms with Gasteiger partial charge in [0.1, 0.15) is 12.1 Å². The Balaban J connectivity index is 1.63. The molecule has 0 fully saturated rings. The summed E-state index contributed by atoms with van der Waals surface area (Å²) in [6, 6.07) is 6.19. The molecule has 124 valence electrons. The van der Waals surface area contributed by atoms with E-state index in [1.807, 2.05) is 25.5 Å². The van der Waals surface area contributed by atoms with E-state index in [0.29, 0.717) is 5.92 Å². The Morgan fingerprint density at radius 3 is 2.57 bits per heavy atom. The minimum absolute atomic E-state index is 0.602. The molecule has 4 heteroatoms. The van der Waals surface area contributed by atoms with Crippen molar-refractivity contribution >= 4 is 5.82 Å². The highest BCUT2D eigenvalue weighted by molar-refractivity contribution is 5.34. The minimum Gasteiger partial charge on any atom is -0.373 e. The van der Waals surface area contributed by atoms with Crippen LogP contribution in [0.15, 0.2) is 36.9 Å². The third kappa shape index (κ3) is 5.97. The van der Waals surface area contributed by atoms with Crippen LogP contribution in [0.1, 0.15) is 62.6 Å². The lowest BCUT2D eigenvalue weighted by Gasteiger charge is -2.14. The number of aryl methyl sites for hydroxylation is 1. The Kier molecular flexibility index (Phi) is 7.50. The third-order valence-electron chi connectivity index (χ3n) is 4.34. The summed E-state index contributed by atoms with van der Waals surface area (Å²) < 4.78 is 0. The van der Waals surface area contributed by atoms with E-state index in [9.17, 15) is 0 Å². The molecule has 0 aliphatic carbocycles. The van der Waals surface area contributed by atoms with Crippen molar-refractivity contribution in [2.24, 2.45) is 0 Å². The molecule has 0 radical (unpaired) electrons.